The lowest BCUT2D eigenvalue weighted by molar-refractivity contribution is -0.137. The monoisotopic (exact) mass is 264 g/mol. The first kappa shape index (κ1) is 13.2. The fraction of sp³-hybridized carbons (Fsp3) is 0.231. The minimum atomic E-state index is -0.411. The Kier molecular flexibility index (Phi) is 3.91. The van der Waals surface area contributed by atoms with E-state index in [0.717, 1.165) is 4.90 Å². The van der Waals surface area contributed by atoms with Crippen molar-refractivity contribution in [3.05, 3.63) is 41.9 Å². The molecule has 0 bridgehead atoms. The zero-order valence-electron chi connectivity index (χ0n) is 10.4. The third kappa shape index (κ3) is 2.97. The number of hydrogen-bond acceptors (Lipinski definition) is 4. The number of nitrogens with one attached hydrogen (secondary N) is 1. The first-order valence-corrected chi connectivity index (χ1v) is 5.71. The molecule has 0 saturated heterocycles. The van der Waals surface area contributed by atoms with Crippen molar-refractivity contribution in [2.45, 2.75) is 0 Å². The van der Waals surface area contributed by atoms with Crippen molar-refractivity contribution in [1.82, 2.24) is 4.90 Å². The Balaban J connectivity index is 2.05. The molecule has 0 fully saturated rings. The highest BCUT2D eigenvalue weighted by atomic mass is 19.1. The van der Waals surface area contributed by atoms with Crippen molar-refractivity contribution >= 4 is 17.5 Å². The van der Waals surface area contributed by atoms with Gasteiger partial charge in [0.15, 0.2) is 0 Å². The smallest absolute Gasteiger partial charge is 0.277 e. The van der Waals surface area contributed by atoms with Crippen LogP contribution in [0.4, 0.5) is 10.1 Å². The van der Waals surface area contributed by atoms with Crippen LogP contribution in [-0.2, 0) is 14.3 Å². The zero-order chi connectivity index (χ0) is 13.8. The normalized spacial score (nSPS) is 14.8. The maximum absolute atomic E-state index is 12.8. The number of benzene rings is 1. The van der Waals surface area contributed by atoms with Gasteiger partial charge >= 0.3 is 0 Å². The van der Waals surface area contributed by atoms with E-state index in [1.54, 1.807) is 0 Å². The number of halogens is 1. The topological polar surface area (TPSA) is 58.6 Å². The van der Waals surface area contributed by atoms with Gasteiger partial charge in [-0.15, -0.1) is 0 Å². The second-order valence-corrected chi connectivity index (χ2v) is 3.98. The molecular weight excluding hydrogens is 251 g/mol. The summed E-state index contributed by atoms with van der Waals surface area (Å²) >= 11 is 0. The van der Waals surface area contributed by atoms with Crippen molar-refractivity contribution in [3.8, 4) is 0 Å². The van der Waals surface area contributed by atoms with E-state index in [4.69, 9.17) is 4.74 Å². The quantitative estimate of drug-likeness (QED) is 0.810. The van der Waals surface area contributed by atoms with Crippen LogP contribution in [0.2, 0.25) is 0 Å². The van der Waals surface area contributed by atoms with Crippen molar-refractivity contribution in [1.29, 1.82) is 0 Å². The predicted octanol–water partition coefficient (Wildman–Crippen LogP) is 1.14. The van der Waals surface area contributed by atoms with Gasteiger partial charge in [0.1, 0.15) is 11.5 Å². The standard InChI is InChI=1S/C13H13FN2O3/c1-19-7-6-16-12(17)8-11(13(16)18)15-10-4-2-9(14)3-5-10/h2-5,8,15H,6-7H2,1H3. The van der Waals surface area contributed by atoms with Crippen LogP contribution in [0.3, 0.4) is 0 Å². The molecule has 1 N–H and O–H groups in total. The van der Waals surface area contributed by atoms with Crippen molar-refractivity contribution < 1.29 is 18.7 Å². The van der Waals surface area contributed by atoms with Crippen LogP contribution in [-0.4, -0.2) is 37.0 Å². The number of hydrogen-bond donors (Lipinski definition) is 1. The van der Waals surface area contributed by atoms with Gasteiger partial charge < -0.3 is 10.1 Å². The highest BCUT2D eigenvalue weighted by Crippen LogP contribution is 2.17. The Hall–Kier alpha value is -2.21. The van der Waals surface area contributed by atoms with Crippen LogP contribution in [0.1, 0.15) is 0 Å². The van der Waals surface area contributed by atoms with E-state index in [1.807, 2.05) is 0 Å². The van der Waals surface area contributed by atoms with Crippen molar-refractivity contribution in [2.24, 2.45) is 0 Å². The Morgan fingerprint density at radius 3 is 2.58 bits per heavy atom. The fourth-order valence-corrected chi connectivity index (χ4v) is 1.68. The molecule has 0 spiro atoms. The van der Waals surface area contributed by atoms with Gasteiger partial charge in [0.25, 0.3) is 11.8 Å². The van der Waals surface area contributed by atoms with Gasteiger partial charge in [0, 0.05) is 18.9 Å². The summed E-state index contributed by atoms with van der Waals surface area (Å²) in [5.41, 5.74) is 0.718. The summed E-state index contributed by atoms with van der Waals surface area (Å²) in [5, 5.41) is 2.80. The average molecular weight is 264 g/mol. The van der Waals surface area contributed by atoms with Gasteiger partial charge in [0.05, 0.1) is 13.2 Å². The number of methoxy groups -OCH3 is 1. The zero-order valence-corrected chi connectivity index (χ0v) is 10.4. The van der Waals surface area contributed by atoms with Crippen LogP contribution < -0.4 is 5.32 Å². The molecular formula is C13H13FN2O3. The number of carbonyl (C=O) groups excluding carboxylic acids is 2. The number of nitrogens with zero attached hydrogens (tertiary/aromatic N) is 1. The summed E-state index contributed by atoms with van der Waals surface area (Å²) in [6, 6.07) is 5.52. The molecule has 0 aliphatic carbocycles. The molecule has 100 valence electrons. The average Bonchev–Trinajstić information content (AvgIpc) is 2.65. The fourth-order valence-electron chi connectivity index (χ4n) is 1.68. The number of carbonyl (C=O) groups is 2. The van der Waals surface area contributed by atoms with Crippen LogP contribution >= 0.6 is 0 Å². The molecule has 2 amide bonds. The van der Waals surface area contributed by atoms with Gasteiger partial charge in [0.2, 0.25) is 0 Å². The Labute approximate surface area is 109 Å². The van der Waals surface area contributed by atoms with E-state index in [0.29, 0.717) is 5.69 Å². The first-order chi connectivity index (χ1) is 9.11. The molecule has 1 aromatic carbocycles. The molecule has 19 heavy (non-hydrogen) atoms. The molecule has 0 aromatic heterocycles. The Morgan fingerprint density at radius 1 is 1.26 bits per heavy atom. The summed E-state index contributed by atoms with van der Waals surface area (Å²) in [5.74, 6) is -1.16. The molecule has 0 unspecified atom stereocenters. The van der Waals surface area contributed by atoms with Crippen molar-refractivity contribution in [3.63, 3.8) is 0 Å². The lowest BCUT2D eigenvalue weighted by Crippen LogP contribution is -2.34. The van der Waals surface area contributed by atoms with E-state index in [2.05, 4.69) is 5.32 Å². The molecule has 2 rings (SSSR count). The Morgan fingerprint density at radius 2 is 1.95 bits per heavy atom. The van der Waals surface area contributed by atoms with E-state index in [-0.39, 0.29) is 30.6 Å². The summed E-state index contributed by atoms with van der Waals surface area (Å²) in [4.78, 5) is 24.6. The summed E-state index contributed by atoms with van der Waals surface area (Å²) in [7, 11) is 1.50. The second kappa shape index (κ2) is 5.62. The highest BCUT2D eigenvalue weighted by molar-refractivity contribution is 6.17. The van der Waals surface area contributed by atoms with Crippen LogP contribution in [0.15, 0.2) is 36.0 Å². The second-order valence-electron chi connectivity index (χ2n) is 3.98. The van der Waals surface area contributed by atoms with E-state index < -0.39 is 5.91 Å². The third-order valence-corrected chi connectivity index (χ3v) is 2.65. The van der Waals surface area contributed by atoms with Gasteiger partial charge in [-0.05, 0) is 24.3 Å². The molecule has 1 heterocycles. The number of amides is 2. The number of rotatable bonds is 5. The minimum absolute atomic E-state index is 0.174. The molecule has 1 aliphatic rings. The highest BCUT2D eigenvalue weighted by Gasteiger charge is 2.30. The first-order valence-electron chi connectivity index (χ1n) is 5.71. The predicted molar refractivity (Wildman–Crippen MR) is 66.7 cm³/mol. The molecule has 1 aliphatic heterocycles. The summed E-state index contributed by atoms with van der Waals surface area (Å²) < 4.78 is 17.6. The molecule has 1 aromatic rings. The van der Waals surface area contributed by atoms with Gasteiger partial charge in [-0.25, -0.2) is 4.39 Å². The lowest BCUT2D eigenvalue weighted by atomic mass is 10.3. The summed E-state index contributed by atoms with van der Waals surface area (Å²) in [6.45, 7) is 0.494. The van der Waals surface area contributed by atoms with Gasteiger partial charge in [-0.1, -0.05) is 0 Å². The minimum Gasteiger partial charge on any atom is -0.383 e. The van der Waals surface area contributed by atoms with Crippen LogP contribution in [0, 0.1) is 5.82 Å². The Bertz CT molecular complexity index is 525. The number of ether oxygens (including phenoxy) is 1. The number of imide groups is 1. The van der Waals surface area contributed by atoms with E-state index in [9.17, 15) is 14.0 Å². The molecule has 5 nitrogen and oxygen atoms in total. The number of anilines is 1. The summed E-state index contributed by atoms with van der Waals surface area (Å²) in [6.07, 6.45) is 1.22. The van der Waals surface area contributed by atoms with Gasteiger partial charge in [-0.2, -0.15) is 0 Å². The SMILES string of the molecule is COCCN1C(=O)C=C(Nc2ccc(F)cc2)C1=O. The maximum Gasteiger partial charge on any atom is 0.277 e. The van der Waals surface area contributed by atoms with Crippen molar-refractivity contribution in [2.75, 3.05) is 25.6 Å². The lowest BCUT2D eigenvalue weighted by Gasteiger charge is -2.14. The van der Waals surface area contributed by atoms with Crippen LogP contribution in [0.5, 0.6) is 0 Å². The maximum atomic E-state index is 12.8. The van der Waals surface area contributed by atoms with E-state index in [1.165, 1.54) is 37.5 Å². The third-order valence-electron chi connectivity index (χ3n) is 2.65. The van der Waals surface area contributed by atoms with Gasteiger partial charge in [-0.3, -0.25) is 14.5 Å². The molecule has 6 heteroatoms. The van der Waals surface area contributed by atoms with E-state index >= 15 is 0 Å². The molecule has 0 radical (unpaired) electrons. The van der Waals surface area contributed by atoms with Crippen LogP contribution in [0.25, 0.3) is 0 Å². The molecule has 0 atom stereocenters. The largest absolute Gasteiger partial charge is 0.383 e. The molecule has 0 saturated carbocycles.